The summed E-state index contributed by atoms with van der Waals surface area (Å²) in [6.07, 6.45) is 2.29. The zero-order valence-corrected chi connectivity index (χ0v) is 12.5. The zero-order valence-electron chi connectivity index (χ0n) is 11.7. The van der Waals surface area contributed by atoms with Gasteiger partial charge in [0, 0.05) is 6.20 Å². The zero-order chi connectivity index (χ0) is 15.2. The molecule has 0 spiro atoms. The Morgan fingerprint density at radius 3 is 2.86 bits per heavy atom. The van der Waals surface area contributed by atoms with E-state index in [1.165, 1.54) is 25.0 Å². The van der Waals surface area contributed by atoms with Crippen molar-refractivity contribution in [3.8, 4) is 0 Å². The van der Waals surface area contributed by atoms with Crippen LogP contribution >= 0.6 is 11.8 Å². The smallest absolute Gasteiger partial charge is 0.167 e. The molecule has 1 aliphatic heterocycles. The Morgan fingerprint density at radius 1 is 1.48 bits per heavy atom. The first kappa shape index (κ1) is 14.7. The van der Waals surface area contributed by atoms with E-state index >= 15 is 0 Å². The normalized spacial score (nSPS) is 32.9. The van der Waals surface area contributed by atoms with E-state index in [1.807, 2.05) is 12.3 Å². The molecule has 8 heteroatoms. The molecular formula is C13H17N3O4S. The van der Waals surface area contributed by atoms with Gasteiger partial charge in [-0.25, -0.2) is 9.97 Å². The first-order chi connectivity index (χ1) is 10.0. The fourth-order valence-electron chi connectivity index (χ4n) is 2.69. The molecule has 2 aromatic rings. The molecule has 21 heavy (non-hydrogen) atoms. The highest BCUT2D eigenvalue weighted by atomic mass is 32.2. The lowest BCUT2D eigenvalue weighted by Crippen LogP contribution is -2.44. The number of fused-ring (bicyclic) bond motifs is 1. The van der Waals surface area contributed by atoms with Crippen LogP contribution in [0, 0.1) is 0 Å². The van der Waals surface area contributed by atoms with E-state index in [0.29, 0.717) is 5.65 Å². The number of hydrogen-bond acceptors (Lipinski definition) is 7. The van der Waals surface area contributed by atoms with Gasteiger partial charge in [-0.05, 0) is 19.2 Å². The molecular weight excluding hydrogens is 294 g/mol. The van der Waals surface area contributed by atoms with Gasteiger partial charge in [0.1, 0.15) is 34.8 Å². The number of ether oxygens (including phenoxy) is 1. The minimum Gasteiger partial charge on any atom is -0.394 e. The molecule has 1 aliphatic rings. The maximum Gasteiger partial charge on any atom is 0.167 e. The summed E-state index contributed by atoms with van der Waals surface area (Å²) in [5, 5.41) is 31.5. The maximum atomic E-state index is 10.5. The van der Waals surface area contributed by atoms with Crippen molar-refractivity contribution in [2.45, 2.75) is 36.0 Å². The van der Waals surface area contributed by atoms with Crippen LogP contribution in [0.3, 0.4) is 0 Å². The third-order valence-corrected chi connectivity index (χ3v) is 4.57. The summed E-state index contributed by atoms with van der Waals surface area (Å²) in [6, 6.07) is 1.85. The van der Waals surface area contributed by atoms with Crippen LogP contribution in [-0.2, 0) is 4.74 Å². The summed E-state index contributed by atoms with van der Waals surface area (Å²) in [6.45, 7) is 1.12. The second-order valence-corrected chi connectivity index (χ2v) is 6.02. The molecule has 114 valence electrons. The summed E-state index contributed by atoms with van der Waals surface area (Å²) in [4.78, 5) is 8.43. The lowest BCUT2D eigenvalue weighted by atomic mass is 9.96. The molecule has 4 atom stereocenters. The van der Waals surface area contributed by atoms with Gasteiger partial charge < -0.3 is 24.6 Å². The van der Waals surface area contributed by atoms with Crippen molar-refractivity contribution in [2.75, 3.05) is 12.9 Å². The second-order valence-electron chi connectivity index (χ2n) is 5.22. The molecule has 0 bridgehead atoms. The van der Waals surface area contributed by atoms with Gasteiger partial charge in [-0.15, -0.1) is 11.8 Å². The van der Waals surface area contributed by atoms with Crippen LogP contribution in [-0.4, -0.2) is 60.5 Å². The second kappa shape index (κ2) is 5.22. The average Bonchev–Trinajstić information content (AvgIpc) is 2.99. The van der Waals surface area contributed by atoms with Crippen LogP contribution in [0.5, 0.6) is 0 Å². The largest absolute Gasteiger partial charge is 0.394 e. The molecule has 0 aliphatic carbocycles. The van der Waals surface area contributed by atoms with Crippen LogP contribution in [0.25, 0.3) is 11.0 Å². The van der Waals surface area contributed by atoms with Crippen molar-refractivity contribution < 1.29 is 20.1 Å². The van der Waals surface area contributed by atoms with Crippen LogP contribution in [0.2, 0.25) is 0 Å². The topological polar surface area (TPSA) is 101 Å². The van der Waals surface area contributed by atoms with Gasteiger partial charge in [0.15, 0.2) is 6.23 Å². The van der Waals surface area contributed by atoms with Crippen LogP contribution in [0.15, 0.2) is 23.6 Å². The standard InChI is InChI=1S/C13H17N3O4S/c1-13(19)9(18)8(5-17)20-12(13)16-4-3-7-10(16)14-6-15-11(7)21-2/h3-4,6,8-9,12,17-19H,5H2,1-2H3/t8-,9-,12?,13-/m1/s1. The minimum absolute atomic E-state index is 0.363. The van der Waals surface area contributed by atoms with E-state index in [2.05, 4.69) is 9.97 Å². The predicted octanol–water partition coefficient (Wildman–Crippen LogP) is 0.155. The molecule has 0 amide bonds. The Morgan fingerprint density at radius 2 is 2.24 bits per heavy atom. The number of nitrogens with zero attached hydrogens (tertiary/aromatic N) is 3. The van der Waals surface area contributed by atoms with Gasteiger partial charge in [-0.3, -0.25) is 0 Å². The maximum absolute atomic E-state index is 10.5. The Kier molecular flexibility index (Phi) is 3.66. The quantitative estimate of drug-likeness (QED) is 0.548. The predicted molar refractivity (Wildman–Crippen MR) is 76.9 cm³/mol. The molecule has 2 aromatic heterocycles. The van der Waals surface area contributed by atoms with E-state index < -0.39 is 24.0 Å². The van der Waals surface area contributed by atoms with Gasteiger partial charge in [0.05, 0.1) is 12.0 Å². The summed E-state index contributed by atoms with van der Waals surface area (Å²) < 4.78 is 7.27. The molecule has 7 nitrogen and oxygen atoms in total. The Hall–Kier alpha value is -1.19. The van der Waals surface area contributed by atoms with E-state index in [9.17, 15) is 15.3 Å². The molecule has 3 heterocycles. The van der Waals surface area contributed by atoms with Gasteiger partial charge in [0.25, 0.3) is 0 Å². The summed E-state index contributed by atoms with van der Waals surface area (Å²) in [5.41, 5.74) is -0.908. The van der Waals surface area contributed by atoms with Crippen LogP contribution in [0.1, 0.15) is 13.2 Å². The van der Waals surface area contributed by atoms with E-state index in [0.717, 1.165) is 10.4 Å². The van der Waals surface area contributed by atoms with Gasteiger partial charge in [-0.2, -0.15) is 0 Å². The summed E-state index contributed by atoms with van der Waals surface area (Å²) >= 11 is 1.50. The van der Waals surface area contributed by atoms with Crippen molar-refractivity contribution >= 4 is 22.8 Å². The number of aliphatic hydroxyl groups excluding tert-OH is 2. The summed E-state index contributed by atoms with van der Waals surface area (Å²) in [7, 11) is 0. The first-order valence-electron chi connectivity index (χ1n) is 6.53. The SMILES string of the molecule is CSc1ncnc2c1ccn2C1O[C@H](CO)[C@@H](O)[C@@]1(C)O. The Balaban J connectivity index is 2.09. The first-order valence-corrected chi connectivity index (χ1v) is 7.75. The molecule has 0 aromatic carbocycles. The number of rotatable bonds is 3. The third kappa shape index (κ3) is 2.14. The molecule has 0 saturated carbocycles. The van der Waals surface area contributed by atoms with Crippen LogP contribution < -0.4 is 0 Å². The number of aromatic nitrogens is 3. The lowest BCUT2D eigenvalue weighted by molar-refractivity contribution is -0.0948. The number of hydrogen-bond donors (Lipinski definition) is 3. The average molecular weight is 311 g/mol. The molecule has 3 N–H and O–H groups in total. The summed E-state index contributed by atoms with van der Waals surface area (Å²) in [5.74, 6) is 0. The third-order valence-electron chi connectivity index (χ3n) is 3.85. The van der Waals surface area contributed by atoms with Gasteiger partial charge >= 0.3 is 0 Å². The molecule has 1 saturated heterocycles. The highest BCUT2D eigenvalue weighted by Gasteiger charge is 2.53. The van der Waals surface area contributed by atoms with E-state index in [4.69, 9.17) is 4.74 Å². The Labute approximate surface area is 125 Å². The molecule has 1 unspecified atom stereocenters. The van der Waals surface area contributed by atoms with Crippen molar-refractivity contribution in [1.82, 2.24) is 14.5 Å². The van der Waals surface area contributed by atoms with Gasteiger partial charge in [0.2, 0.25) is 0 Å². The Bertz CT molecular complexity index is 660. The fraction of sp³-hybridized carbons (Fsp3) is 0.538. The fourth-order valence-corrected chi connectivity index (χ4v) is 3.22. The highest BCUT2D eigenvalue weighted by molar-refractivity contribution is 7.98. The minimum atomic E-state index is -1.52. The van der Waals surface area contributed by atoms with Gasteiger partial charge in [-0.1, -0.05) is 0 Å². The number of thioether (sulfide) groups is 1. The highest BCUT2D eigenvalue weighted by Crippen LogP contribution is 2.40. The van der Waals surface area contributed by atoms with Crippen molar-refractivity contribution in [2.24, 2.45) is 0 Å². The van der Waals surface area contributed by atoms with E-state index in [1.54, 1.807) is 10.8 Å². The monoisotopic (exact) mass is 311 g/mol. The van der Waals surface area contributed by atoms with E-state index in [-0.39, 0.29) is 6.61 Å². The molecule has 3 rings (SSSR count). The van der Waals surface area contributed by atoms with Crippen molar-refractivity contribution in [1.29, 1.82) is 0 Å². The van der Waals surface area contributed by atoms with Crippen LogP contribution in [0.4, 0.5) is 0 Å². The van der Waals surface area contributed by atoms with Crippen molar-refractivity contribution in [3.63, 3.8) is 0 Å². The lowest BCUT2D eigenvalue weighted by Gasteiger charge is -2.27. The van der Waals surface area contributed by atoms with Crippen molar-refractivity contribution in [3.05, 3.63) is 18.6 Å². The number of aliphatic hydroxyl groups is 3. The molecule has 0 radical (unpaired) electrons. The molecule has 1 fully saturated rings.